The van der Waals surface area contributed by atoms with E-state index in [1.54, 1.807) is 0 Å². The van der Waals surface area contributed by atoms with Crippen LogP contribution < -0.4 is 9.80 Å². The van der Waals surface area contributed by atoms with Crippen LogP contribution >= 0.6 is 0 Å². The lowest BCUT2D eigenvalue weighted by Gasteiger charge is -2.26. The molecule has 3 rings (SSSR count). The largest absolute Gasteiger partial charge is 0.374 e. The van der Waals surface area contributed by atoms with Crippen molar-refractivity contribution in [3.05, 3.63) is 90.5 Å². The topological polar surface area (TPSA) is 30.3 Å². The molecule has 1 aliphatic carbocycles. The van der Waals surface area contributed by atoms with E-state index in [2.05, 4.69) is 61.9 Å². The zero-order valence-electron chi connectivity index (χ0n) is 17.7. The van der Waals surface area contributed by atoms with Gasteiger partial charge in [0.05, 0.1) is 0 Å². The molecule has 0 aromatic heterocycles. The molecule has 0 saturated heterocycles. The maximum Gasteiger partial charge on any atom is 0.132 e. The van der Waals surface area contributed by atoms with E-state index in [-0.39, 0.29) is 0 Å². The second-order valence-corrected chi connectivity index (χ2v) is 7.54. The lowest BCUT2D eigenvalue weighted by Crippen LogP contribution is -2.26. The molecular formula is C26H31N3. The van der Waals surface area contributed by atoms with E-state index >= 15 is 0 Å². The second kappa shape index (κ2) is 9.42. The Morgan fingerprint density at radius 2 is 1.86 bits per heavy atom. The lowest BCUT2D eigenvalue weighted by atomic mass is 10.00. The minimum atomic E-state index is 0.482. The highest BCUT2D eigenvalue weighted by Crippen LogP contribution is 2.35. The minimum Gasteiger partial charge on any atom is -0.374 e. The average molecular weight is 386 g/mol. The molecule has 0 unspecified atom stereocenters. The summed E-state index contributed by atoms with van der Waals surface area (Å²) in [4.78, 5) is 4.19. The van der Waals surface area contributed by atoms with Crippen LogP contribution in [0.2, 0.25) is 0 Å². The first kappa shape index (κ1) is 20.7. The van der Waals surface area contributed by atoms with Gasteiger partial charge in [-0.2, -0.15) is 0 Å². The Morgan fingerprint density at radius 1 is 1.14 bits per heavy atom. The van der Waals surface area contributed by atoms with Gasteiger partial charge < -0.3 is 9.80 Å². The highest BCUT2D eigenvalue weighted by atomic mass is 15.1. The van der Waals surface area contributed by atoms with E-state index < -0.39 is 0 Å². The van der Waals surface area contributed by atoms with Gasteiger partial charge in [0, 0.05) is 43.1 Å². The Hall–Kier alpha value is -3.07. The summed E-state index contributed by atoms with van der Waals surface area (Å²) < 4.78 is 0. The van der Waals surface area contributed by atoms with Gasteiger partial charge in [-0.1, -0.05) is 61.2 Å². The fourth-order valence-corrected chi connectivity index (χ4v) is 3.28. The average Bonchev–Trinajstić information content (AvgIpc) is 3.59. The quantitative estimate of drug-likeness (QED) is 0.336. The van der Waals surface area contributed by atoms with Gasteiger partial charge in [-0.3, -0.25) is 5.41 Å². The van der Waals surface area contributed by atoms with Gasteiger partial charge >= 0.3 is 0 Å². The molecule has 1 N–H and O–H groups in total. The molecule has 1 saturated carbocycles. The third kappa shape index (κ3) is 5.05. The highest BCUT2D eigenvalue weighted by molar-refractivity contribution is 6.08. The normalized spacial score (nSPS) is 14.1. The molecule has 1 aliphatic rings. The lowest BCUT2D eigenvalue weighted by molar-refractivity contribution is 0.965. The highest BCUT2D eigenvalue weighted by Gasteiger charge is 2.19. The summed E-state index contributed by atoms with van der Waals surface area (Å²) in [6.07, 6.45) is 11.0. The van der Waals surface area contributed by atoms with E-state index in [0.717, 1.165) is 28.9 Å². The summed E-state index contributed by atoms with van der Waals surface area (Å²) in [7, 11) is 4.07. The summed E-state index contributed by atoms with van der Waals surface area (Å²) in [5.41, 5.74) is 5.41. The van der Waals surface area contributed by atoms with Crippen LogP contribution in [0.25, 0.3) is 5.57 Å². The van der Waals surface area contributed by atoms with Crippen LogP contribution in [-0.2, 0) is 0 Å². The second-order valence-electron chi connectivity index (χ2n) is 7.54. The van der Waals surface area contributed by atoms with Crippen LogP contribution in [0.4, 0.5) is 11.4 Å². The first-order valence-electron chi connectivity index (χ1n) is 10.3. The molecule has 0 bridgehead atoms. The van der Waals surface area contributed by atoms with Crippen LogP contribution in [0.1, 0.15) is 30.9 Å². The molecule has 0 spiro atoms. The van der Waals surface area contributed by atoms with Crippen molar-refractivity contribution in [3.8, 4) is 0 Å². The molecule has 3 heteroatoms. The van der Waals surface area contributed by atoms with Gasteiger partial charge in [-0.05, 0) is 49.5 Å². The van der Waals surface area contributed by atoms with Gasteiger partial charge in [0.1, 0.15) is 5.84 Å². The Labute approximate surface area is 175 Å². The minimum absolute atomic E-state index is 0.482. The number of nitrogens with one attached hydrogen (secondary N) is 1. The Kier molecular flexibility index (Phi) is 6.71. The number of hydrogen-bond donors (Lipinski definition) is 1. The van der Waals surface area contributed by atoms with Gasteiger partial charge in [-0.15, -0.1) is 0 Å². The zero-order valence-corrected chi connectivity index (χ0v) is 17.7. The van der Waals surface area contributed by atoms with Crippen LogP contribution in [-0.4, -0.2) is 26.5 Å². The van der Waals surface area contributed by atoms with Crippen LogP contribution in [0, 0.1) is 11.3 Å². The molecule has 1 fully saturated rings. The first-order valence-corrected chi connectivity index (χ1v) is 10.3. The number of benzene rings is 2. The third-order valence-electron chi connectivity index (χ3n) is 5.41. The van der Waals surface area contributed by atoms with Crippen molar-refractivity contribution in [1.82, 2.24) is 0 Å². The van der Waals surface area contributed by atoms with E-state index in [4.69, 9.17) is 5.41 Å². The van der Waals surface area contributed by atoms with E-state index in [1.165, 1.54) is 18.5 Å². The first-order chi connectivity index (χ1) is 14.0. The summed E-state index contributed by atoms with van der Waals surface area (Å²) >= 11 is 0. The van der Waals surface area contributed by atoms with Crippen molar-refractivity contribution in [1.29, 1.82) is 5.41 Å². The van der Waals surface area contributed by atoms with E-state index in [0.29, 0.717) is 11.8 Å². The molecule has 0 radical (unpaired) electrons. The third-order valence-corrected chi connectivity index (χ3v) is 5.41. The molecule has 3 nitrogen and oxygen atoms in total. The fourth-order valence-electron chi connectivity index (χ4n) is 3.28. The number of allylic oxidation sites excluding steroid dienone is 5. The van der Waals surface area contributed by atoms with Crippen LogP contribution in [0.5, 0.6) is 0 Å². The number of anilines is 2. The molecule has 150 valence electrons. The molecule has 0 heterocycles. The smallest absolute Gasteiger partial charge is 0.132 e. The van der Waals surface area contributed by atoms with Gasteiger partial charge in [0.25, 0.3) is 0 Å². The Bertz CT molecular complexity index is 920. The van der Waals surface area contributed by atoms with E-state index in [1.807, 2.05) is 48.4 Å². The molecule has 29 heavy (non-hydrogen) atoms. The zero-order chi connectivity index (χ0) is 20.8. The molecule has 0 atom stereocenters. The van der Waals surface area contributed by atoms with Crippen molar-refractivity contribution >= 4 is 22.8 Å². The number of nitrogens with zero attached hydrogens (tertiary/aromatic N) is 2. The number of hydrogen-bond acceptors (Lipinski definition) is 2. The Balaban J connectivity index is 2.01. The molecule has 2 aromatic rings. The van der Waals surface area contributed by atoms with Gasteiger partial charge in [0.2, 0.25) is 0 Å². The summed E-state index contributed by atoms with van der Waals surface area (Å²) in [5, 5.41) is 8.62. The summed E-state index contributed by atoms with van der Waals surface area (Å²) in [5.74, 6) is 1.20. The van der Waals surface area contributed by atoms with Crippen molar-refractivity contribution in [2.45, 2.75) is 19.8 Å². The standard InChI is InChI=1S/C26H31N3/c1-5-10-21(16-15-20-13-14-20)24-19-23(17-18-25(24)28(3)6-2)29(4)26(27)22-11-8-7-9-12-22/h5,7-12,15-20,27H,1,6,13-14H2,2-4H3/b16-15+,21-10-,27-26?. The molecule has 2 aromatic carbocycles. The van der Waals surface area contributed by atoms with Crippen molar-refractivity contribution in [3.63, 3.8) is 0 Å². The van der Waals surface area contributed by atoms with Crippen molar-refractivity contribution in [2.24, 2.45) is 5.92 Å². The summed E-state index contributed by atoms with van der Waals surface area (Å²) in [6.45, 7) is 7.01. The Morgan fingerprint density at radius 3 is 2.48 bits per heavy atom. The SMILES string of the molecule is C=C/C=C(/C=C/C1CC1)c1cc(N(C)C(=N)c2ccccc2)ccc1N(C)CC. The number of rotatable bonds is 8. The molecular weight excluding hydrogens is 354 g/mol. The van der Waals surface area contributed by atoms with Crippen LogP contribution in [0.15, 0.2) is 79.4 Å². The predicted molar refractivity (Wildman–Crippen MR) is 127 cm³/mol. The molecule has 0 amide bonds. The van der Waals surface area contributed by atoms with Gasteiger partial charge in [-0.25, -0.2) is 0 Å². The van der Waals surface area contributed by atoms with Crippen molar-refractivity contribution < 1.29 is 0 Å². The fraction of sp³-hybridized carbons (Fsp3) is 0.269. The van der Waals surface area contributed by atoms with Crippen molar-refractivity contribution in [2.75, 3.05) is 30.4 Å². The molecule has 0 aliphatic heterocycles. The predicted octanol–water partition coefficient (Wildman–Crippen LogP) is 6.14. The van der Waals surface area contributed by atoms with Gasteiger partial charge in [0.15, 0.2) is 0 Å². The van der Waals surface area contributed by atoms with Crippen LogP contribution in [0.3, 0.4) is 0 Å². The maximum atomic E-state index is 8.62. The summed E-state index contributed by atoms with van der Waals surface area (Å²) in [6, 6.07) is 16.3. The van der Waals surface area contributed by atoms with E-state index in [9.17, 15) is 0 Å². The number of amidine groups is 1. The monoisotopic (exact) mass is 385 g/mol. The maximum absolute atomic E-state index is 8.62.